The van der Waals surface area contributed by atoms with Crippen LogP contribution in [-0.2, 0) is 11.3 Å². The van der Waals surface area contributed by atoms with Gasteiger partial charge in [-0.05, 0) is 43.1 Å². The highest BCUT2D eigenvalue weighted by Gasteiger charge is 2.26. The van der Waals surface area contributed by atoms with Crippen molar-refractivity contribution in [3.05, 3.63) is 70.0 Å². The number of nitrogens with one attached hydrogen (secondary N) is 1. The van der Waals surface area contributed by atoms with E-state index >= 15 is 0 Å². The molecular formula is C19H20FN3O3. The molecule has 136 valence electrons. The molecule has 0 bridgehead atoms. The number of hydrogen-bond acceptors (Lipinski definition) is 4. The van der Waals surface area contributed by atoms with Crippen molar-refractivity contribution in [1.82, 2.24) is 4.90 Å². The lowest BCUT2D eigenvalue weighted by molar-refractivity contribution is -0.384. The molecule has 2 aromatic carbocycles. The largest absolute Gasteiger partial charge is 0.326 e. The summed E-state index contributed by atoms with van der Waals surface area (Å²) in [5.74, 6) is -0.570. The Labute approximate surface area is 150 Å². The van der Waals surface area contributed by atoms with E-state index in [1.165, 1.54) is 24.3 Å². The van der Waals surface area contributed by atoms with Crippen molar-refractivity contribution < 1.29 is 14.1 Å². The maximum Gasteiger partial charge on any atom is 0.271 e. The first kappa shape index (κ1) is 18.0. The fourth-order valence-corrected chi connectivity index (χ4v) is 3.20. The molecule has 0 saturated carbocycles. The number of nitrogens with zero attached hydrogens (tertiary/aromatic N) is 2. The quantitative estimate of drug-likeness (QED) is 0.655. The average molecular weight is 357 g/mol. The molecule has 1 aliphatic heterocycles. The highest BCUT2D eigenvalue weighted by atomic mass is 19.1. The second kappa shape index (κ2) is 8.05. The minimum atomic E-state index is -0.485. The number of halogens is 1. The number of hydrogen-bond donors (Lipinski definition) is 1. The predicted molar refractivity (Wildman–Crippen MR) is 96.1 cm³/mol. The molecule has 1 unspecified atom stereocenters. The van der Waals surface area contributed by atoms with Crippen LogP contribution in [-0.4, -0.2) is 28.8 Å². The molecule has 26 heavy (non-hydrogen) atoms. The number of non-ortho nitro benzene ring substituents is 1. The number of carbonyl (C=O) groups is 1. The topological polar surface area (TPSA) is 75.5 Å². The molecule has 1 fully saturated rings. The summed E-state index contributed by atoms with van der Waals surface area (Å²) < 4.78 is 13.0. The number of likely N-dealkylation sites (tertiary alicyclic amines) is 1. The second-order valence-corrected chi connectivity index (χ2v) is 6.50. The van der Waals surface area contributed by atoms with E-state index < -0.39 is 4.92 Å². The lowest BCUT2D eigenvalue weighted by Crippen LogP contribution is -2.40. The van der Waals surface area contributed by atoms with Crippen LogP contribution in [0, 0.1) is 21.8 Å². The summed E-state index contributed by atoms with van der Waals surface area (Å²) in [6, 6.07) is 12.3. The van der Waals surface area contributed by atoms with Crippen LogP contribution in [0.3, 0.4) is 0 Å². The molecular weight excluding hydrogens is 337 g/mol. The van der Waals surface area contributed by atoms with Crippen molar-refractivity contribution in [2.45, 2.75) is 19.4 Å². The van der Waals surface area contributed by atoms with Crippen molar-refractivity contribution >= 4 is 17.3 Å². The minimum Gasteiger partial charge on any atom is -0.326 e. The van der Waals surface area contributed by atoms with Gasteiger partial charge in [-0.15, -0.1) is 0 Å². The molecule has 1 aliphatic rings. The number of carbonyl (C=O) groups excluding carboxylic acids is 1. The van der Waals surface area contributed by atoms with Gasteiger partial charge in [0.15, 0.2) is 0 Å². The Morgan fingerprint density at radius 1 is 1.27 bits per heavy atom. The third-order valence-corrected chi connectivity index (χ3v) is 4.52. The van der Waals surface area contributed by atoms with Gasteiger partial charge in [-0.3, -0.25) is 19.8 Å². The van der Waals surface area contributed by atoms with Gasteiger partial charge >= 0.3 is 0 Å². The van der Waals surface area contributed by atoms with E-state index in [1.54, 1.807) is 24.3 Å². The van der Waals surface area contributed by atoms with E-state index in [-0.39, 0.29) is 23.3 Å². The van der Waals surface area contributed by atoms with Crippen LogP contribution in [0.1, 0.15) is 18.4 Å². The summed E-state index contributed by atoms with van der Waals surface area (Å²) in [7, 11) is 0. The Morgan fingerprint density at radius 2 is 2.04 bits per heavy atom. The lowest BCUT2D eigenvalue weighted by Gasteiger charge is -2.32. The molecule has 0 aromatic heterocycles. The summed E-state index contributed by atoms with van der Waals surface area (Å²) in [5.41, 5.74) is 1.38. The molecule has 6 nitrogen and oxygen atoms in total. The average Bonchev–Trinajstić information content (AvgIpc) is 2.64. The fraction of sp³-hybridized carbons (Fsp3) is 0.316. The van der Waals surface area contributed by atoms with Crippen molar-refractivity contribution in [1.29, 1.82) is 0 Å². The molecule has 1 N–H and O–H groups in total. The molecule has 3 rings (SSSR count). The summed E-state index contributed by atoms with van der Waals surface area (Å²) in [5, 5.41) is 13.6. The van der Waals surface area contributed by atoms with E-state index in [0.717, 1.165) is 24.9 Å². The maximum absolute atomic E-state index is 13.0. The number of piperidine rings is 1. The smallest absolute Gasteiger partial charge is 0.271 e. The third-order valence-electron chi connectivity index (χ3n) is 4.52. The predicted octanol–water partition coefficient (Wildman–Crippen LogP) is 3.58. The van der Waals surface area contributed by atoms with Crippen molar-refractivity contribution in [2.75, 3.05) is 18.4 Å². The van der Waals surface area contributed by atoms with Crippen LogP contribution in [0.15, 0.2) is 48.5 Å². The Morgan fingerprint density at radius 3 is 2.77 bits per heavy atom. The van der Waals surface area contributed by atoms with Crippen molar-refractivity contribution in [3.63, 3.8) is 0 Å². The van der Waals surface area contributed by atoms with Crippen LogP contribution in [0.4, 0.5) is 15.8 Å². The fourth-order valence-electron chi connectivity index (χ4n) is 3.20. The van der Waals surface area contributed by atoms with Crippen molar-refractivity contribution in [2.24, 2.45) is 5.92 Å². The monoisotopic (exact) mass is 357 g/mol. The standard InChI is InChI=1S/C19H20FN3O3/c20-16-8-6-14(7-9-16)12-22-10-2-3-15(13-22)19(24)21-17-4-1-5-18(11-17)23(25)26/h1,4-9,11,15H,2-3,10,12-13H2,(H,21,24). The van der Waals surface area contributed by atoms with E-state index in [2.05, 4.69) is 10.2 Å². The molecule has 0 radical (unpaired) electrons. The van der Waals surface area contributed by atoms with Gasteiger partial charge in [0, 0.05) is 30.9 Å². The van der Waals surface area contributed by atoms with Gasteiger partial charge in [0.25, 0.3) is 5.69 Å². The second-order valence-electron chi connectivity index (χ2n) is 6.50. The summed E-state index contributed by atoms with van der Waals surface area (Å²) in [6.45, 7) is 2.16. The Balaban J connectivity index is 1.60. The van der Waals surface area contributed by atoms with Gasteiger partial charge in [-0.1, -0.05) is 18.2 Å². The number of amides is 1. The van der Waals surface area contributed by atoms with Crippen molar-refractivity contribution in [3.8, 4) is 0 Å². The summed E-state index contributed by atoms with van der Waals surface area (Å²) in [6.07, 6.45) is 1.68. The van der Waals surface area contributed by atoms with E-state index in [4.69, 9.17) is 0 Å². The molecule has 2 aromatic rings. The van der Waals surface area contributed by atoms with Crippen LogP contribution in [0.2, 0.25) is 0 Å². The number of rotatable bonds is 5. The van der Waals surface area contributed by atoms with E-state index in [1.807, 2.05) is 0 Å². The van der Waals surface area contributed by atoms with Crippen LogP contribution in [0.25, 0.3) is 0 Å². The van der Waals surface area contributed by atoms with E-state index in [9.17, 15) is 19.3 Å². The van der Waals surface area contributed by atoms with Gasteiger partial charge in [0.05, 0.1) is 10.8 Å². The van der Waals surface area contributed by atoms with Crippen LogP contribution < -0.4 is 5.32 Å². The maximum atomic E-state index is 13.0. The van der Waals surface area contributed by atoms with Gasteiger partial charge in [0.1, 0.15) is 5.82 Å². The third kappa shape index (κ3) is 4.64. The molecule has 1 heterocycles. The molecule has 7 heteroatoms. The minimum absolute atomic E-state index is 0.0515. The molecule has 0 spiro atoms. The first-order valence-electron chi connectivity index (χ1n) is 8.53. The Hall–Kier alpha value is -2.80. The van der Waals surface area contributed by atoms with Gasteiger partial charge in [-0.2, -0.15) is 0 Å². The lowest BCUT2D eigenvalue weighted by atomic mass is 9.96. The highest BCUT2D eigenvalue weighted by molar-refractivity contribution is 5.93. The number of nitro benzene ring substituents is 1. The number of nitro groups is 1. The first-order valence-corrected chi connectivity index (χ1v) is 8.53. The normalized spacial score (nSPS) is 17.7. The number of anilines is 1. The van der Waals surface area contributed by atoms with E-state index in [0.29, 0.717) is 18.8 Å². The Kier molecular flexibility index (Phi) is 5.58. The molecule has 1 amide bonds. The molecule has 0 aliphatic carbocycles. The number of benzene rings is 2. The van der Waals surface area contributed by atoms with Crippen LogP contribution in [0.5, 0.6) is 0 Å². The SMILES string of the molecule is O=C(Nc1cccc([N+](=O)[O-])c1)C1CCCN(Cc2ccc(F)cc2)C1. The van der Waals surface area contributed by atoms with Gasteiger partial charge in [-0.25, -0.2) is 4.39 Å². The first-order chi connectivity index (χ1) is 12.5. The zero-order valence-corrected chi connectivity index (χ0v) is 14.2. The summed E-state index contributed by atoms with van der Waals surface area (Å²) in [4.78, 5) is 25.1. The van der Waals surface area contributed by atoms with Crippen LogP contribution >= 0.6 is 0 Å². The summed E-state index contributed by atoms with van der Waals surface area (Å²) >= 11 is 0. The zero-order chi connectivity index (χ0) is 18.5. The molecule has 1 atom stereocenters. The van der Waals surface area contributed by atoms with Gasteiger partial charge in [0.2, 0.25) is 5.91 Å². The van der Waals surface area contributed by atoms with Gasteiger partial charge < -0.3 is 5.32 Å². The molecule has 1 saturated heterocycles. The highest BCUT2D eigenvalue weighted by Crippen LogP contribution is 2.22. The Bertz CT molecular complexity index is 795. The zero-order valence-electron chi connectivity index (χ0n) is 14.2.